The smallest absolute Gasteiger partial charge is 0.262 e. The minimum atomic E-state index is -0.324. The van der Waals surface area contributed by atoms with Gasteiger partial charge in [-0.2, -0.15) is 0 Å². The summed E-state index contributed by atoms with van der Waals surface area (Å²) in [6, 6.07) is 8.77. The predicted octanol–water partition coefficient (Wildman–Crippen LogP) is 4.44. The number of ether oxygens (including phenoxy) is 1. The average molecular weight is 367 g/mol. The van der Waals surface area contributed by atoms with E-state index in [1.54, 1.807) is 0 Å². The number of rotatable bonds is 5. The van der Waals surface area contributed by atoms with Gasteiger partial charge in [0.25, 0.3) is 5.91 Å². The lowest BCUT2D eigenvalue weighted by Crippen LogP contribution is -2.21. The molecule has 24 heavy (non-hydrogen) atoms. The summed E-state index contributed by atoms with van der Waals surface area (Å²) in [6.07, 6.45) is 1.19. The molecule has 126 valence electrons. The lowest BCUT2D eigenvalue weighted by atomic mass is 10.1. The quantitative estimate of drug-likeness (QED) is 0.466. The van der Waals surface area contributed by atoms with E-state index >= 15 is 0 Å². The van der Waals surface area contributed by atoms with E-state index in [4.69, 9.17) is 33.1 Å². The minimum absolute atomic E-state index is 0.198. The van der Waals surface area contributed by atoms with Crippen molar-refractivity contribution in [2.75, 3.05) is 11.9 Å². The maximum Gasteiger partial charge on any atom is 0.262 e. The van der Waals surface area contributed by atoms with Crippen molar-refractivity contribution in [2.24, 2.45) is 5.16 Å². The molecule has 2 N–H and O–H groups in total. The zero-order valence-corrected chi connectivity index (χ0v) is 14.6. The van der Waals surface area contributed by atoms with E-state index in [2.05, 4.69) is 10.5 Å². The van der Waals surface area contributed by atoms with Gasteiger partial charge < -0.3 is 15.3 Å². The predicted molar refractivity (Wildman–Crippen MR) is 95.9 cm³/mol. The first-order valence-corrected chi connectivity index (χ1v) is 7.82. The van der Waals surface area contributed by atoms with Gasteiger partial charge in [0, 0.05) is 5.69 Å². The SMILES string of the molecule is Cc1ccc(NC(=O)COc2c(Cl)cc(/C=N/O)cc2Cl)c(C)c1. The van der Waals surface area contributed by atoms with Crippen LogP contribution in [0.4, 0.5) is 5.69 Å². The third kappa shape index (κ3) is 4.63. The van der Waals surface area contributed by atoms with Crippen LogP contribution < -0.4 is 10.1 Å². The van der Waals surface area contributed by atoms with Crippen LogP contribution >= 0.6 is 23.2 Å². The molecule has 2 rings (SSSR count). The summed E-state index contributed by atoms with van der Waals surface area (Å²) in [6.45, 7) is 3.66. The van der Waals surface area contributed by atoms with Gasteiger partial charge in [0.1, 0.15) is 0 Å². The molecule has 0 aromatic heterocycles. The van der Waals surface area contributed by atoms with Crippen LogP contribution in [-0.2, 0) is 4.79 Å². The van der Waals surface area contributed by atoms with Crippen molar-refractivity contribution in [3.8, 4) is 5.75 Å². The fourth-order valence-electron chi connectivity index (χ4n) is 2.14. The molecule has 5 nitrogen and oxygen atoms in total. The number of nitrogens with zero attached hydrogens (tertiary/aromatic N) is 1. The number of hydrogen-bond acceptors (Lipinski definition) is 4. The first-order chi connectivity index (χ1) is 11.4. The van der Waals surface area contributed by atoms with Crippen molar-refractivity contribution < 1.29 is 14.7 Å². The first-order valence-electron chi connectivity index (χ1n) is 7.07. The molecule has 0 bridgehead atoms. The van der Waals surface area contributed by atoms with E-state index in [1.807, 2.05) is 32.0 Å². The summed E-state index contributed by atoms with van der Waals surface area (Å²) in [5.74, 6) is -0.126. The number of oxime groups is 1. The molecule has 0 aliphatic carbocycles. The molecule has 0 atom stereocenters. The molecule has 0 saturated carbocycles. The number of halogens is 2. The van der Waals surface area contributed by atoms with Crippen LogP contribution in [0.2, 0.25) is 10.0 Å². The van der Waals surface area contributed by atoms with Crippen LogP contribution in [-0.4, -0.2) is 23.9 Å². The third-order valence-electron chi connectivity index (χ3n) is 3.23. The van der Waals surface area contributed by atoms with Crippen LogP contribution in [0.1, 0.15) is 16.7 Å². The Morgan fingerprint density at radius 1 is 1.25 bits per heavy atom. The number of hydrogen-bond donors (Lipinski definition) is 2. The van der Waals surface area contributed by atoms with Gasteiger partial charge in [-0.05, 0) is 43.2 Å². The fraction of sp³-hybridized carbons (Fsp3) is 0.176. The van der Waals surface area contributed by atoms with Crippen molar-refractivity contribution in [1.82, 2.24) is 0 Å². The van der Waals surface area contributed by atoms with E-state index in [0.717, 1.165) is 16.8 Å². The van der Waals surface area contributed by atoms with Gasteiger partial charge in [0.2, 0.25) is 0 Å². The second kappa shape index (κ2) is 8.04. The van der Waals surface area contributed by atoms with Crippen molar-refractivity contribution in [2.45, 2.75) is 13.8 Å². The van der Waals surface area contributed by atoms with Crippen molar-refractivity contribution in [3.63, 3.8) is 0 Å². The molecule has 2 aromatic carbocycles. The molecule has 0 aliphatic rings. The second-order valence-corrected chi connectivity index (χ2v) is 6.03. The Labute approximate surface area is 149 Å². The lowest BCUT2D eigenvalue weighted by Gasteiger charge is -2.12. The van der Waals surface area contributed by atoms with Crippen molar-refractivity contribution >= 4 is 41.0 Å². The standard InChI is InChI=1S/C17H16Cl2N2O3/c1-10-3-4-15(11(2)5-10)21-16(22)9-24-17-13(18)6-12(8-20-23)7-14(17)19/h3-8,23H,9H2,1-2H3,(H,21,22)/b20-8+. The van der Waals surface area contributed by atoms with Gasteiger partial charge in [0.15, 0.2) is 12.4 Å². The number of anilines is 1. The highest BCUT2D eigenvalue weighted by molar-refractivity contribution is 6.37. The summed E-state index contributed by atoms with van der Waals surface area (Å²) in [5.41, 5.74) is 3.32. The monoisotopic (exact) mass is 366 g/mol. The summed E-state index contributed by atoms with van der Waals surface area (Å²) in [7, 11) is 0. The number of nitrogens with one attached hydrogen (secondary N) is 1. The molecule has 0 heterocycles. The molecule has 7 heteroatoms. The summed E-state index contributed by atoms with van der Waals surface area (Å²) >= 11 is 12.1. The Kier molecular flexibility index (Phi) is 6.06. The largest absolute Gasteiger partial charge is 0.481 e. The number of carbonyl (C=O) groups is 1. The Morgan fingerprint density at radius 2 is 1.92 bits per heavy atom. The van der Waals surface area contributed by atoms with E-state index < -0.39 is 0 Å². The second-order valence-electron chi connectivity index (χ2n) is 5.21. The number of aryl methyl sites for hydroxylation is 2. The van der Waals surface area contributed by atoms with Crippen LogP contribution in [0.25, 0.3) is 0 Å². The summed E-state index contributed by atoms with van der Waals surface area (Å²) < 4.78 is 5.42. The molecule has 0 unspecified atom stereocenters. The van der Waals surface area contributed by atoms with Gasteiger partial charge in [-0.15, -0.1) is 0 Å². The zero-order chi connectivity index (χ0) is 17.7. The highest BCUT2D eigenvalue weighted by Gasteiger charge is 2.12. The molecule has 1 amide bonds. The van der Waals surface area contributed by atoms with Crippen LogP contribution in [0.5, 0.6) is 5.75 Å². The highest BCUT2D eigenvalue weighted by atomic mass is 35.5. The lowest BCUT2D eigenvalue weighted by molar-refractivity contribution is -0.118. The third-order valence-corrected chi connectivity index (χ3v) is 3.79. The van der Waals surface area contributed by atoms with Gasteiger partial charge >= 0.3 is 0 Å². The van der Waals surface area contributed by atoms with Gasteiger partial charge in [-0.3, -0.25) is 4.79 Å². The summed E-state index contributed by atoms with van der Waals surface area (Å²) in [5, 5.41) is 14.6. The van der Waals surface area contributed by atoms with E-state index in [1.165, 1.54) is 18.3 Å². The van der Waals surface area contributed by atoms with Gasteiger partial charge in [0.05, 0.1) is 16.3 Å². The Balaban J connectivity index is 2.04. The molecule has 0 saturated heterocycles. The molecule has 2 aromatic rings. The Hall–Kier alpha value is -2.24. The molecule has 0 radical (unpaired) electrons. The highest BCUT2D eigenvalue weighted by Crippen LogP contribution is 2.33. The summed E-state index contributed by atoms with van der Waals surface area (Å²) in [4.78, 5) is 12.0. The minimum Gasteiger partial charge on any atom is -0.481 e. The topological polar surface area (TPSA) is 70.9 Å². The van der Waals surface area contributed by atoms with Gasteiger partial charge in [-0.1, -0.05) is 46.1 Å². The zero-order valence-electron chi connectivity index (χ0n) is 13.1. The van der Waals surface area contributed by atoms with Crippen LogP contribution in [0.15, 0.2) is 35.5 Å². The van der Waals surface area contributed by atoms with Crippen LogP contribution in [0, 0.1) is 13.8 Å². The molecule has 0 spiro atoms. The normalized spacial score (nSPS) is 10.8. The first kappa shape index (κ1) is 18.1. The fourth-order valence-corrected chi connectivity index (χ4v) is 2.75. The van der Waals surface area contributed by atoms with E-state index in [-0.39, 0.29) is 28.3 Å². The average Bonchev–Trinajstić information content (AvgIpc) is 2.49. The number of carbonyl (C=O) groups excluding carboxylic acids is 1. The number of amides is 1. The number of benzene rings is 2. The molecular weight excluding hydrogens is 351 g/mol. The molecule has 0 fully saturated rings. The molecular formula is C17H16Cl2N2O3. The van der Waals surface area contributed by atoms with Gasteiger partial charge in [-0.25, -0.2) is 0 Å². The Bertz CT molecular complexity index is 768. The van der Waals surface area contributed by atoms with E-state index in [0.29, 0.717) is 5.56 Å². The maximum absolute atomic E-state index is 12.0. The van der Waals surface area contributed by atoms with Crippen molar-refractivity contribution in [3.05, 3.63) is 57.1 Å². The van der Waals surface area contributed by atoms with Crippen LogP contribution in [0.3, 0.4) is 0 Å². The van der Waals surface area contributed by atoms with Crippen molar-refractivity contribution in [1.29, 1.82) is 0 Å². The van der Waals surface area contributed by atoms with E-state index in [9.17, 15) is 4.79 Å². The Morgan fingerprint density at radius 3 is 2.50 bits per heavy atom. The molecule has 0 aliphatic heterocycles. The maximum atomic E-state index is 12.0.